The van der Waals surface area contributed by atoms with Crippen LogP contribution in [0.5, 0.6) is 0 Å². The Morgan fingerprint density at radius 2 is 2.19 bits per heavy atom. The van der Waals surface area contributed by atoms with Gasteiger partial charge >= 0.3 is 5.97 Å². The number of carbonyl (C=O) groups is 1. The minimum atomic E-state index is -0.770. The van der Waals surface area contributed by atoms with E-state index in [0.29, 0.717) is 6.04 Å². The summed E-state index contributed by atoms with van der Waals surface area (Å²) in [6.07, 6.45) is 5.93. The number of nitrogens with one attached hydrogen (secondary N) is 1. The van der Waals surface area contributed by atoms with Crippen LogP contribution in [0.4, 0.5) is 0 Å². The molecule has 1 aromatic heterocycles. The summed E-state index contributed by atoms with van der Waals surface area (Å²) in [4.78, 5) is 12.1. The Labute approximate surface area is 99.5 Å². The van der Waals surface area contributed by atoms with Crippen LogP contribution in [0.25, 0.3) is 0 Å². The predicted molar refractivity (Wildman–Crippen MR) is 64.7 cm³/mol. The summed E-state index contributed by atoms with van der Waals surface area (Å²) in [6.45, 7) is 0. The quantitative estimate of drug-likeness (QED) is 0.849. The fourth-order valence-corrected chi connectivity index (χ4v) is 3.01. The van der Waals surface area contributed by atoms with E-state index in [1.54, 1.807) is 0 Å². The maximum atomic E-state index is 11.2. The maximum Gasteiger partial charge on any atom is 0.326 e. The highest BCUT2D eigenvalue weighted by Crippen LogP contribution is 2.24. The zero-order valence-corrected chi connectivity index (χ0v) is 10.0. The van der Waals surface area contributed by atoms with Crippen molar-refractivity contribution in [3.63, 3.8) is 0 Å². The van der Waals surface area contributed by atoms with Crippen molar-refractivity contribution in [2.24, 2.45) is 0 Å². The van der Waals surface area contributed by atoms with Crippen molar-refractivity contribution >= 4 is 17.3 Å². The fraction of sp³-hybridized carbons (Fsp3) is 0.583. The van der Waals surface area contributed by atoms with Crippen molar-refractivity contribution in [1.82, 2.24) is 5.32 Å². The molecule has 3 nitrogen and oxygen atoms in total. The Kier molecular flexibility index (Phi) is 3.96. The van der Waals surface area contributed by atoms with Gasteiger partial charge < -0.3 is 5.11 Å². The van der Waals surface area contributed by atoms with E-state index in [1.807, 2.05) is 17.5 Å². The van der Waals surface area contributed by atoms with Crippen LogP contribution < -0.4 is 5.32 Å². The van der Waals surface area contributed by atoms with Crippen molar-refractivity contribution in [1.29, 1.82) is 0 Å². The Morgan fingerprint density at radius 3 is 2.75 bits per heavy atom. The summed E-state index contributed by atoms with van der Waals surface area (Å²) >= 11 is 1.50. The van der Waals surface area contributed by atoms with E-state index in [1.165, 1.54) is 30.6 Å². The number of carboxylic acids is 1. The topological polar surface area (TPSA) is 49.3 Å². The summed E-state index contributed by atoms with van der Waals surface area (Å²) in [7, 11) is 0. The van der Waals surface area contributed by atoms with Crippen LogP contribution in [0.15, 0.2) is 17.5 Å². The first-order valence-electron chi connectivity index (χ1n) is 5.79. The molecule has 4 heteroatoms. The number of hydrogen-bond acceptors (Lipinski definition) is 3. The number of thiophene rings is 1. The largest absolute Gasteiger partial charge is 0.480 e. The van der Waals surface area contributed by atoms with Gasteiger partial charge in [-0.05, 0) is 24.3 Å². The van der Waals surface area contributed by atoms with Gasteiger partial charge in [-0.1, -0.05) is 25.3 Å². The lowest BCUT2D eigenvalue weighted by molar-refractivity contribution is -0.139. The number of aliphatic carboxylic acids is 1. The van der Waals surface area contributed by atoms with Crippen LogP contribution in [-0.2, 0) is 4.79 Å². The second-order valence-electron chi connectivity index (χ2n) is 4.29. The minimum absolute atomic E-state index is 0.372. The highest BCUT2D eigenvalue weighted by atomic mass is 32.1. The predicted octanol–water partition coefficient (Wildman–Crippen LogP) is 2.80. The van der Waals surface area contributed by atoms with Gasteiger partial charge in [0, 0.05) is 10.9 Å². The van der Waals surface area contributed by atoms with E-state index in [4.69, 9.17) is 0 Å². The highest BCUT2D eigenvalue weighted by molar-refractivity contribution is 7.10. The molecule has 1 aliphatic rings. The van der Waals surface area contributed by atoms with E-state index < -0.39 is 12.0 Å². The second kappa shape index (κ2) is 5.46. The molecular formula is C12H17NO2S. The van der Waals surface area contributed by atoms with Gasteiger partial charge in [-0.2, -0.15) is 0 Å². The van der Waals surface area contributed by atoms with Crippen molar-refractivity contribution in [2.75, 3.05) is 0 Å². The normalized spacial score (nSPS) is 19.5. The van der Waals surface area contributed by atoms with Gasteiger partial charge in [0.05, 0.1) is 0 Å². The molecular weight excluding hydrogens is 222 g/mol. The molecule has 1 heterocycles. The molecule has 88 valence electrons. The van der Waals surface area contributed by atoms with Crippen LogP contribution in [0, 0.1) is 0 Å². The number of hydrogen-bond donors (Lipinski definition) is 2. The van der Waals surface area contributed by atoms with Crippen molar-refractivity contribution < 1.29 is 9.90 Å². The Morgan fingerprint density at radius 1 is 1.44 bits per heavy atom. The SMILES string of the molecule is O=C(O)C(NC1CCCCC1)c1cccs1. The molecule has 2 N–H and O–H groups in total. The lowest BCUT2D eigenvalue weighted by atomic mass is 9.95. The van der Waals surface area contributed by atoms with Crippen LogP contribution >= 0.6 is 11.3 Å². The first kappa shape index (κ1) is 11.6. The monoisotopic (exact) mass is 239 g/mol. The molecule has 2 rings (SSSR count). The summed E-state index contributed by atoms with van der Waals surface area (Å²) in [6, 6.07) is 3.64. The lowest BCUT2D eigenvalue weighted by Gasteiger charge is -2.26. The first-order chi connectivity index (χ1) is 7.77. The van der Waals surface area contributed by atoms with Gasteiger partial charge in [0.2, 0.25) is 0 Å². The third-order valence-electron chi connectivity index (χ3n) is 3.08. The lowest BCUT2D eigenvalue weighted by Crippen LogP contribution is -2.37. The standard InChI is InChI=1S/C12H17NO2S/c14-12(15)11(10-7-4-8-16-10)13-9-5-2-1-3-6-9/h4,7-9,11,13H,1-3,5-6H2,(H,14,15). The van der Waals surface area contributed by atoms with Gasteiger partial charge in [-0.15, -0.1) is 11.3 Å². The average molecular weight is 239 g/mol. The molecule has 0 bridgehead atoms. The molecule has 0 saturated heterocycles. The van der Waals surface area contributed by atoms with Gasteiger partial charge in [0.15, 0.2) is 0 Å². The van der Waals surface area contributed by atoms with Crippen molar-refractivity contribution in [2.45, 2.75) is 44.2 Å². The molecule has 16 heavy (non-hydrogen) atoms. The van der Waals surface area contributed by atoms with Crippen molar-refractivity contribution in [3.05, 3.63) is 22.4 Å². The Balaban J connectivity index is 2.00. The van der Waals surface area contributed by atoms with E-state index >= 15 is 0 Å². The zero-order valence-electron chi connectivity index (χ0n) is 9.19. The van der Waals surface area contributed by atoms with E-state index in [-0.39, 0.29) is 0 Å². The molecule has 0 aliphatic heterocycles. The zero-order chi connectivity index (χ0) is 11.4. The molecule has 0 amide bonds. The molecule has 1 aromatic rings. The summed E-state index contributed by atoms with van der Waals surface area (Å²) < 4.78 is 0. The third kappa shape index (κ3) is 2.83. The molecule has 1 unspecified atom stereocenters. The van der Waals surface area contributed by atoms with E-state index in [9.17, 15) is 9.90 Å². The smallest absolute Gasteiger partial charge is 0.326 e. The molecule has 0 radical (unpaired) electrons. The van der Waals surface area contributed by atoms with Gasteiger partial charge in [-0.25, -0.2) is 0 Å². The summed E-state index contributed by atoms with van der Waals surface area (Å²) in [5.41, 5.74) is 0. The van der Waals surface area contributed by atoms with Crippen LogP contribution in [0.2, 0.25) is 0 Å². The molecule has 1 atom stereocenters. The summed E-state index contributed by atoms with van der Waals surface area (Å²) in [5, 5.41) is 14.4. The first-order valence-corrected chi connectivity index (χ1v) is 6.67. The molecule has 1 fully saturated rings. The van der Waals surface area contributed by atoms with Gasteiger partial charge in [0.25, 0.3) is 0 Å². The van der Waals surface area contributed by atoms with Gasteiger partial charge in [0.1, 0.15) is 6.04 Å². The van der Waals surface area contributed by atoms with Crippen LogP contribution in [0.1, 0.15) is 43.0 Å². The third-order valence-corrected chi connectivity index (χ3v) is 4.02. The molecule has 1 aliphatic carbocycles. The second-order valence-corrected chi connectivity index (χ2v) is 5.27. The van der Waals surface area contributed by atoms with Crippen molar-refractivity contribution in [3.8, 4) is 0 Å². The molecule has 0 spiro atoms. The number of carboxylic acid groups (broad SMARTS) is 1. The fourth-order valence-electron chi connectivity index (χ4n) is 2.24. The van der Waals surface area contributed by atoms with E-state index in [2.05, 4.69) is 5.32 Å². The Bertz CT molecular complexity index is 331. The van der Waals surface area contributed by atoms with Crippen LogP contribution in [-0.4, -0.2) is 17.1 Å². The van der Waals surface area contributed by atoms with E-state index in [0.717, 1.165) is 17.7 Å². The highest BCUT2D eigenvalue weighted by Gasteiger charge is 2.24. The molecule has 0 aromatic carbocycles. The summed E-state index contributed by atoms with van der Waals surface area (Å²) in [5.74, 6) is -0.770. The van der Waals surface area contributed by atoms with Gasteiger partial charge in [-0.3, -0.25) is 10.1 Å². The molecule has 1 saturated carbocycles. The minimum Gasteiger partial charge on any atom is -0.480 e. The van der Waals surface area contributed by atoms with Crippen LogP contribution in [0.3, 0.4) is 0 Å². The number of rotatable bonds is 4. The average Bonchev–Trinajstić information content (AvgIpc) is 2.80. The maximum absolute atomic E-state index is 11.2. The Hall–Kier alpha value is -0.870.